The molecule has 0 unspecified atom stereocenters. The van der Waals surface area contributed by atoms with Crippen molar-refractivity contribution >= 4 is 11.9 Å². The number of carboxylic acids is 1. The van der Waals surface area contributed by atoms with Gasteiger partial charge in [0.2, 0.25) is 5.91 Å². The molecule has 0 atom stereocenters. The summed E-state index contributed by atoms with van der Waals surface area (Å²) in [5.74, 6) is -1.12. The SMILES string of the molecule is CCCCCN(CC(=O)O)C(C)=O. The zero-order chi connectivity index (χ0) is 10.3. The van der Waals surface area contributed by atoms with E-state index < -0.39 is 5.97 Å². The molecule has 0 aromatic carbocycles. The van der Waals surface area contributed by atoms with Gasteiger partial charge in [-0.1, -0.05) is 19.8 Å². The van der Waals surface area contributed by atoms with Crippen molar-refractivity contribution < 1.29 is 14.7 Å². The van der Waals surface area contributed by atoms with Crippen molar-refractivity contribution in [3.63, 3.8) is 0 Å². The van der Waals surface area contributed by atoms with Crippen molar-refractivity contribution in [3.05, 3.63) is 0 Å². The summed E-state index contributed by atoms with van der Waals surface area (Å²) >= 11 is 0. The summed E-state index contributed by atoms with van der Waals surface area (Å²) < 4.78 is 0. The number of rotatable bonds is 6. The van der Waals surface area contributed by atoms with E-state index in [-0.39, 0.29) is 12.5 Å². The molecule has 0 heterocycles. The van der Waals surface area contributed by atoms with E-state index in [1.165, 1.54) is 11.8 Å². The van der Waals surface area contributed by atoms with Crippen LogP contribution in [-0.4, -0.2) is 35.0 Å². The molecule has 0 saturated heterocycles. The second kappa shape index (κ2) is 6.46. The Bertz CT molecular complexity index is 180. The molecular formula is C9H17NO3. The lowest BCUT2D eigenvalue weighted by molar-refractivity contribution is -0.143. The Morgan fingerprint density at radius 1 is 1.31 bits per heavy atom. The van der Waals surface area contributed by atoms with E-state index in [1.54, 1.807) is 0 Å². The largest absolute Gasteiger partial charge is 0.480 e. The first kappa shape index (κ1) is 11.9. The van der Waals surface area contributed by atoms with Crippen molar-refractivity contribution in [1.29, 1.82) is 0 Å². The van der Waals surface area contributed by atoms with Gasteiger partial charge < -0.3 is 10.0 Å². The van der Waals surface area contributed by atoms with E-state index in [4.69, 9.17) is 5.11 Å². The normalized spacial score (nSPS) is 9.69. The van der Waals surface area contributed by atoms with E-state index in [9.17, 15) is 9.59 Å². The molecule has 0 saturated carbocycles. The van der Waals surface area contributed by atoms with Crippen LogP contribution in [0, 0.1) is 0 Å². The highest BCUT2D eigenvalue weighted by Gasteiger charge is 2.11. The smallest absolute Gasteiger partial charge is 0.323 e. The maximum atomic E-state index is 10.9. The van der Waals surface area contributed by atoms with Crippen molar-refractivity contribution in [2.75, 3.05) is 13.1 Å². The van der Waals surface area contributed by atoms with Gasteiger partial charge in [-0.3, -0.25) is 9.59 Å². The second-order valence-corrected chi connectivity index (χ2v) is 3.04. The molecule has 4 heteroatoms. The molecule has 0 aliphatic rings. The van der Waals surface area contributed by atoms with E-state index in [2.05, 4.69) is 6.92 Å². The summed E-state index contributed by atoms with van der Waals surface area (Å²) in [5, 5.41) is 8.50. The number of carbonyl (C=O) groups is 2. The number of carbonyl (C=O) groups excluding carboxylic acids is 1. The van der Waals surface area contributed by atoms with E-state index in [0.29, 0.717) is 6.54 Å². The zero-order valence-corrected chi connectivity index (χ0v) is 8.25. The van der Waals surface area contributed by atoms with Gasteiger partial charge in [-0.15, -0.1) is 0 Å². The minimum absolute atomic E-state index is 0.168. The molecule has 0 fully saturated rings. The van der Waals surface area contributed by atoms with Gasteiger partial charge in [0.25, 0.3) is 0 Å². The van der Waals surface area contributed by atoms with Gasteiger partial charge in [-0.25, -0.2) is 0 Å². The number of amides is 1. The maximum Gasteiger partial charge on any atom is 0.323 e. The van der Waals surface area contributed by atoms with Crippen molar-refractivity contribution in [2.45, 2.75) is 33.1 Å². The summed E-state index contributed by atoms with van der Waals surface area (Å²) in [5.41, 5.74) is 0. The van der Waals surface area contributed by atoms with Crippen LogP contribution in [0.4, 0.5) is 0 Å². The zero-order valence-electron chi connectivity index (χ0n) is 8.25. The molecular weight excluding hydrogens is 170 g/mol. The van der Waals surface area contributed by atoms with Crippen LogP contribution in [0.1, 0.15) is 33.1 Å². The molecule has 76 valence electrons. The van der Waals surface area contributed by atoms with E-state index in [0.717, 1.165) is 19.3 Å². The Hall–Kier alpha value is -1.06. The lowest BCUT2D eigenvalue weighted by atomic mass is 10.2. The van der Waals surface area contributed by atoms with Crippen LogP contribution < -0.4 is 0 Å². The van der Waals surface area contributed by atoms with Crippen LogP contribution in [0.15, 0.2) is 0 Å². The third-order valence-electron chi connectivity index (χ3n) is 1.80. The minimum atomic E-state index is -0.952. The van der Waals surface area contributed by atoms with Crippen LogP contribution in [0.2, 0.25) is 0 Å². The lowest BCUT2D eigenvalue weighted by Gasteiger charge is -2.18. The van der Waals surface area contributed by atoms with Gasteiger partial charge >= 0.3 is 5.97 Å². The maximum absolute atomic E-state index is 10.9. The van der Waals surface area contributed by atoms with Crippen molar-refractivity contribution in [2.24, 2.45) is 0 Å². The standard InChI is InChI=1S/C9H17NO3/c1-3-4-5-6-10(8(2)11)7-9(12)13/h3-7H2,1-2H3,(H,12,13). The molecule has 4 nitrogen and oxygen atoms in total. The van der Waals surface area contributed by atoms with Gasteiger partial charge in [-0.2, -0.15) is 0 Å². The first-order valence-electron chi connectivity index (χ1n) is 4.55. The van der Waals surface area contributed by atoms with E-state index in [1.807, 2.05) is 0 Å². The Morgan fingerprint density at radius 3 is 2.31 bits per heavy atom. The monoisotopic (exact) mass is 187 g/mol. The number of nitrogens with zero attached hydrogens (tertiary/aromatic N) is 1. The topological polar surface area (TPSA) is 57.6 Å². The fourth-order valence-corrected chi connectivity index (χ4v) is 1.06. The molecule has 1 N–H and O–H groups in total. The minimum Gasteiger partial charge on any atom is -0.480 e. The van der Waals surface area contributed by atoms with Crippen molar-refractivity contribution in [1.82, 2.24) is 4.90 Å². The van der Waals surface area contributed by atoms with Gasteiger partial charge in [-0.05, 0) is 6.42 Å². The van der Waals surface area contributed by atoms with E-state index >= 15 is 0 Å². The first-order chi connectivity index (χ1) is 6.07. The summed E-state index contributed by atoms with van der Waals surface area (Å²) in [6.45, 7) is 3.83. The highest BCUT2D eigenvalue weighted by molar-refractivity contribution is 5.79. The molecule has 0 aliphatic heterocycles. The van der Waals surface area contributed by atoms with Gasteiger partial charge in [0, 0.05) is 13.5 Å². The molecule has 0 spiro atoms. The van der Waals surface area contributed by atoms with Crippen LogP contribution in [-0.2, 0) is 9.59 Å². The predicted octanol–water partition coefficient (Wildman–Crippen LogP) is 1.11. The predicted molar refractivity (Wildman–Crippen MR) is 49.4 cm³/mol. The Balaban J connectivity index is 3.81. The molecule has 1 amide bonds. The summed E-state index contributed by atoms with van der Waals surface area (Å²) in [6.07, 6.45) is 2.98. The Morgan fingerprint density at radius 2 is 1.92 bits per heavy atom. The molecule has 13 heavy (non-hydrogen) atoms. The third-order valence-corrected chi connectivity index (χ3v) is 1.80. The number of aliphatic carboxylic acids is 1. The molecule has 0 rings (SSSR count). The summed E-state index contributed by atoms with van der Waals surface area (Å²) in [7, 11) is 0. The number of unbranched alkanes of at least 4 members (excludes halogenated alkanes) is 2. The quantitative estimate of drug-likeness (QED) is 0.634. The van der Waals surface area contributed by atoms with Gasteiger partial charge in [0.05, 0.1) is 0 Å². The third kappa shape index (κ3) is 6.13. The van der Waals surface area contributed by atoms with Crippen molar-refractivity contribution in [3.8, 4) is 0 Å². The fraction of sp³-hybridized carbons (Fsp3) is 0.778. The molecule has 0 radical (unpaired) electrons. The lowest BCUT2D eigenvalue weighted by Crippen LogP contribution is -2.34. The van der Waals surface area contributed by atoms with Crippen LogP contribution in [0.25, 0.3) is 0 Å². The molecule has 0 bridgehead atoms. The second-order valence-electron chi connectivity index (χ2n) is 3.04. The average Bonchev–Trinajstić information content (AvgIpc) is 2.02. The molecule has 0 aromatic rings. The van der Waals surface area contributed by atoms with Gasteiger partial charge in [0.15, 0.2) is 0 Å². The van der Waals surface area contributed by atoms with Crippen LogP contribution >= 0.6 is 0 Å². The molecule has 0 aliphatic carbocycles. The summed E-state index contributed by atoms with van der Waals surface area (Å²) in [6, 6.07) is 0. The van der Waals surface area contributed by atoms with Crippen LogP contribution in [0.3, 0.4) is 0 Å². The van der Waals surface area contributed by atoms with Crippen LogP contribution in [0.5, 0.6) is 0 Å². The fourth-order valence-electron chi connectivity index (χ4n) is 1.06. The highest BCUT2D eigenvalue weighted by atomic mass is 16.4. The Labute approximate surface area is 78.5 Å². The molecule has 0 aromatic heterocycles. The number of hydrogen-bond donors (Lipinski definition) is 1. The van der Waals surface area contributed by atoms with Gasteiger partial charge in [0.1, 0.15) is 6.54 Å². The Kier molecular flexibility index (Phi) is 5.93. The number of carboxylic acid groups (broad SMARTS) is 1. The average molecular weight is 187 g/mol. The summed E-state index contributed by atoms with van der Waals surface area (Å²) in [4.78, 5) is 22.6. The first-order valence-corrected chi connectivity index (χ1v) is 4.55. The highest BCUT2D eigenvalue weighted by Crippen LogP contribution is 1.98. The number of hydrogen-bond acceptors (Lipinski definition) is 2.